The van der Waals surface area contributed by atoms with E-state index in [1.165, 1.54) is 0 Å². The van der Waals surface area contributed by atoms with Crippen LogP contribution in [0.15, 0.2) is 36.8 Å². The molecule has 0 aliphatic heterocycles. The molecule has 0 aliphatic carbocycles. The van der Waals surface area contributed by atoms with Gasteiger partial charge in [-0.1, -0.05) is 12.1 Å². The minimum atomic E-state index is -0.0570. The number of hydrogen-bond donors (Lipinski definition) is 3. The number of aromatic nitrogens is 2. The van der Waals surface area contributed by atoms with Gasteiger partial charge in [-0.25, -0.2) is 4.98 Å². The Morgan fingerprint density at radius 2 is 2.26 bits per heavy atom. The molecule has 0 saturated heterocycles. The Balaban J connectivity index is 1.87. The second-order valence-electron chi connectivity index (χ2n) is 4.32. The van der Waals surface area contributed by atoms with Crippen molar-refractivity contribution >= 4 is 5.91 Å². The van der Waals surface area contributed by atoms with Gasteiger partial charge in [-0.15, -0.1) is 0 Å². The lowest BCUT2D eigenvalue weighted by atomic mass is 10.1. The van der Waals surface area contributed by atoms with Gasteiger partial charge in [0.05, 0.1) is 6.33 Å². The van der Waals surface area contributed by atoms with Crippen molar-refractivity contribution in [3.8, 4) is 0 Å². The van der Waals surface area contributed by atoms with E-state index in [0.717, 1.165) is 24.1 Å². The van der Waals surface area contributed by atoms with Gasteiger partial charge in [-0.2, -0.15) is 0 Å². The van der Waals surface area contributed by atoms with E-state index in [1.54, 1.807) is 12.5 Å². The van der Waals surface area contributed by atoms with Gasteiger partial charge in [0.15, 0.2) is 0 Å². The molecule has 0 spiro atoms. The molecule has 0 fully saturated rings. The third-order valence-corrected chi connectivity index (χ3v) is 2.86. The largest absolute Gasteiger partial charge is 0.352 e. The maximum Gasteiger partial charge on any atom is 0.251 e. The molecular formula is C14H18N4O. The zero-order valence-electron chi connectivity index (χ0n) is 10.7. The molecule has 19 heavy (non-hydrogen) atoms. The molecule has 1 amide bonds. The van der Waals surface area contributed by atoms with Gasteiger partial charge in [0.25, 0.3) is 5.91 Å². The Morgan fingerprint density at radius 1 is 1.37 bits per heavy atom. The van der Waals surface area contributed by atoms with Crippen LogP contribution in [0.25, 0.3) is 0 Å². The maximum atomic E-state index is 12.0. The lowest BCUT2D eigenvalue weighted by Crippen LogP contribution is -2.25. The number of nitrogens with one attached hydrogen (secondary N) is 2. The van der Waals surface area contributed by atoms with Crippen LogP contribution in [0.2, 0.25) is 0 Å². The first kappa shape index (κ1) is 13.3. The number of aromatic amines is 1. The standard InChI is InChI=1S/C14H18N4O/c15-6-4-11-2-1-3-12(8-11)14(19)17-7-5-13-9-16-10-18-13/h1-3,8-10H,4-7,15H2,(H,16,18)(H,17,19). The van der Waals surface area contributed by atoms with Crippen LogP contribution in [0.1, 0.15) is 21.6 Å². The zero-order valence-corrected chi connectivity index (χ0v) is 10.7. The van der Waals surface area contributed by atoms with Gasteiger partial charge in [-0.05, 0) is 30.7 Å². The SMILES string of the molecule is NCCc1cccc(C(=O)NCCc2cnc[nH]2)c1. The average molecular weight is 258 g/mol. The van der Waals surface area contributed by atoms with Gasteiger partial charge in [0, 0.05) is 30.4 Å². The molecule has 5 nitrogen and oxygen atoms in total. The fourth-order valence-electron chi connectivity index (χ4n) is 1.87. The quantitative estimate of drug-likeness (QED) is 0.719. The van der Waals surface area contributed by atoms with Gasteiger partial charge in [0.1, 0.15) is 0 Å². The van der Waals surface area contributed by atoms with Crippen LogP contribution < -0.4 is 11.1 Å². The molecule has 0 unspecified atom stereocenters. The summed E-state index contributed by atoms with van der Waals surface area (Å²) in [5.41, 5.74) is 8.29. The highest BCUT2D eigenvalue weighted by Gasteiger charge is 2.05. The summed E-state index contributed by atoms with van der Waals surface area (Å²) in [7, 11) is 0. The Labute approximate surface area is 112 Å². The highest BCUT2D eigenvalue weighted by atomic mass is 16.1. The second-order valence-corrected chi connectivity index (χ2v) is 4.32. The van der Waals surface area contributed by atoms with Crippen LogP contribution in [-0.4, -0.2) is 29.0 Å². The van der Waals surface area contributed by atoms with Gasteiger partial charge < -0.3 is 16.0 Å². The summed E-state index contributed by atoms with van der Waals surface area (Å²) < 4.78 is 0. The molecule has 2 aromatic rings. The summed E-state index contributed by atoms with van der Waals surface area (Å²) in [6, 6.07) is 7.56. The Hall–Kier alpha value is -2.14. The molecule has 0 bridgehead atoms. The van der Waals surface area contributed by atoms with E-state index in [9.17, 15) is 4.79 Å². The molecule has 0 aliphatic rings. The second kappa shape index (κ2) is 6.70. The Bertz CT molecular complexity index is 522. The van der Waals surface area contributed by atoms with Crippen molar-refractivity contribution in [2.45, 2.75) is 12.8 Å². The highest BCUT2D eigenvalue weighted by Crippen LogP contribution is 2.05. The van der Waals surface area contributed by atoms with Crippen molar-refractivity contribution < 1.29 is 4.79 Å². The van der Waals surface area contributed by atoms with Crippen LogP contribution in [0.4, 0.5) is 0 Å². The molecule has 4 N–H and O–H groups in total. The van der Waals surface area contributed by atoms with E-state index in [2.05, 4.69) is 15.3 Å². The summed E-state index contributed by atoms with van der Waals surface area (Å²) in [4.78, 5) is 18.9. The monoisotopic (exact) mass is 258 g/mol. The fraction of sp³-hybridized carbons (Fsp3) is 0.286. The Kier molecular flexibility index (Phi) is 4.69. The predicted octanol–water partition coefficient (Wildman–Crippen LogP) is 0.883. The number of hydrogen-bond acceptors (Lipinski definition) is 3. The van der Waals surface area contributed by atoms with E-state index in [1.807, 2.05) is 24.3 Å². The number of benzene rings is 1. The Morgan fingerprint density at radius 3 is 3.00 bits per heavy atom. The number of carbonyl (C=O) groups is 1. The molecule has 1 heterocycles. The molecule has 0 radical (unpaired) electrons. The molecular weight excluding hydrogens is 240 g/mol. The van der Waals surface area contributed by atoms with Crippen molar-refractivity contribution in [2.75, 3.05) is 13.1 Å². The van der Waals surface area contributed by atoms with Crippen molar-refractivity contribution in [1.29, 1.82) is 0 Å². The van der Waals surface area contributed by atoms with Crippen molar-refractivity contribution in [1.82, 2.24) is 15.3 Å². The van der Waals surface area contributed by atoms with Crippen LogP contribution in [-0.2, 0) is 12.8 Å². The van der Waals surface area contributed by atoms with Crippen LogP contribution in [0.5, 0.6) is 0 Å². The van der Waals surface area contributed by atoms with Crippen LogP contribution >= 0.6 is 0 Å². The lowest BCUT2D eigenvalue weighted by Gasteiger charge is -2.06. The number of nitrogens with two attached hydrogens (primary N) is 1. The minimum Gasteiger partial charge on any atom is -0.352 e. The number of amides is 1. The number of carbonyl (C=O) groups excluding carboxylic acids is 1. The van der Waals surface area contributed by atoms with Gasteiger partial charge >= 0.3 is 0 Å². The fourth-order valence-corrected chi connectivity index (χ4v) is 1.87. The smallest absolute Gasteiger partial charge is 0.251 e. The predicted molar refractivity (Wildman–Crippen MR) is 73.8 cm³/mol. The topological polar surface area (TPSA) is 83.8 Å². The molecule has 100 valence electrons. The number of H-pyrrole nitrogens is 1. The van der Waals surface area contributed by atoms with Crippen LogP contribution in [0, 0.1) is 0 Å². The summed E-state index contributed by atoms with van der Waals surface area (Å²) in [5, 5.41) is 2.89. The van der Waals surface area contributed by atoms with E-state index in [4.69, 9.17) is 5.73 Å². The molecule has 5 heteroatoms. The lowest BCUT2D eigenvalue weighted by molar-refractivity contribution is 0.0954. The highest BCUT2D eigenvalue weighted by molar-refractivity contribution is 5.94. The van der Waals surface area contributed by atoms with E-state index in [-0.39, 0.29) is 5.91 Å². The third-order valence-electron chi connectivity index (χ3n) is 2.86. The number of imidazole rings is 1. The number of nitrogens with zero attached hydrogens (tertiary/aromatic N) is 1. The van der Waals surface area contributed by atoms with E-state index in [0.29, 0.717) is 18.7 Å². The first-order valence-electron chi connectivity index (χ1n) is 6.34. The first-order chi connectivity index (χ1) is 9.29. The van der Waals surface area contributed by atoms with Crippen molar-refractivity contribution in [3.05, 3.63) is 53.6 Å². The van der Waals surface area contributed by atoms with Crippen molar-refractivity contribution in [3.63, 3.8) is 0 Å². The molecule has 0 saturated carbocycles. The normalized spacial score (nSPS) is 10.4. The maximum absolute atomic E-state index is 12.0. The zero-order chi connectivity index (χ0) is 13.5. The molecule has 1 aromatic carbocycles. The van der Waals surface area contributed by atoms with Crippen molar-refractivity contribution in [2.24, 2.45) is 5.73 Å². The van der Waals surface area contributed by atoms with Crippen LogP contribution in [0.3, 0.4) is 0 Å². The van der Waals surface area contributed by atoms with Gasteiger partial charge in [0.2, 0.25) is 0 Å². The summed E-state index contributed by atoms with van der Waals surface area (Å²) in [5.74, 6) is -0.0570. The number of rotatable bonds is 6. The minimum absolute atomic E-state index is 0.0570. The third kappa shape index (κ3) is 3.93. The van der Waals surface area contributed by atoms with E-state index >= 15 is 0 Å². The molecule has 2 rings (SSSR count). The summed E-state index contributed by atoms with van der Waals surface area (Å²) >= 11 is 0. The van der Waals surface area contributed by atoms with E-state index < -0.39 is 0 Å². The first-order valence-corrected chi connectivity index (χ1v) is 6.34. The summed E-state index contributed by atoms with van der Waals surface area (Å²) in [6.07, 6.45) is 4.92. The average Bonchev–Trinajstić information content (AvgIpc) is 2.92. The molecule has 0 atom stereocenters. The summed E-state index contributed by atoms with van der Waals surface area (Å²) in [6.45, 7) is 1.17. The van der Waals surface area contributed by atoms with Gasteiger partial charge in [-0.3, -0.25) is 4.79 Å². The molecule has 1 aromatic heterocycles.